The third-order valence-electron chi connectivity index (χ3n) is 4.06. The van der Waals surface area contributed by atoms with Crippen LogP contribution in [0.4, 0.5) is 0 Å². The molecule has 0 saturated carbocycles. The van der Waals surface area contributed by atoms with Gasteiger partial charge < -0.3 is 14.2 Å². The Morgan fingerprint density at radius 3 is 2.86 bits per heavy atom. The Bertz CT molecular complexity index is 446. The van der Waals surface area contributed by atoms with Crippen LogP contribution >= 0.6 is 0 Å². The number of benzene rings is 1. The second kappa shape index (κ2) is 7.62. The highest BCUT2D eigenvalue weighted by molar-refractivity contribution is 5.28. The third-order valence-corrected chi connectivity index (χ3v) is 4.06. The average molecular weight is 290 g/mol. The van der Waals surface area contributed by atoms with Gasteiger partial charge in [0.15, 0.2) is 0 Å². The van der Waals surface area contributed by atoms with Gasteiger partial charge in [0.25, 0.3) is 0 Å². The smallest absolute Gasteiger partial charge is 0.119 e. The Morgan fingerprint density at radius 1 is 1.43 bits per heavy atom. The molecule has 1 fully saturated rings. The molecule has 1 aliphatic rings. The van der Waals surface area contributed by atoms with Gasteiger partial charge >= 0.3 is 0 Å². The second-order valence-corrected chi connectivity index (χ2v) is 6.01. The molecule has 3 heteroatoms. The Hall–Kier alpha value is -1.32. The van der Waals surface area contributed by atoms with E-state index in [0.717, 1.165) is 37.6 Å². The van der Waals surface area contributed by atoms with Crippen molar-refractivity contribution in [3.8, 4) is 5.75 Å². The fourth-order valence-corrected chi connectivity index (χ4v) is 2.17. The number of ether oxygens (including phenoxy) is 3. The summed E-state index contributed by atoms with van der Waals surface area (Å²) in [4.78, 5) is 0. The van der Waals surface area contributed by atoms with Crippen LogP contribution in [0.15, 0.2) is 36.9 Å². The molecule has 0 N–H and O–H groups in total. The molecule has 1 atom stereocenters. The molecule has 1 aromatic rings. The molecule has 1 heterocycles. The Balaban J connectivity index is 1.81. The predicted octanol–water partition coefficient (Wildman–Crippen LogP) is 3.83. The Morgan fingerprint density at radius 2 is 2.24 bits per heavy atom. The number of hydrogen-bond donors (Lipinski definition) is 0. The molecule has 1 aliphatic heterocycles. The summed E-state index contributed by atoms with van der Waals surface area (Å²) in [5.74, 6) is 1.29. The summed E-state index contributed by atoms with van der Waals surface area (Å²) in [5.41, 5.74) is 1.35. The molecule has 1 unspecified atom stereocenters. The van der Waals surface area contributed by atoms with Crippen LogP contribution in [0, 0.1) is 11.3 Å². The summed E-state index contributed by atoms with van der Waals surface area (Å²) >= 11 is 0. The minimum Gasteiger partial charge on any atom is -0.493 e. The normalized spacial score (nSPS) is 17.8. The minimum atomic E-state index is 0.214. The molecular formula is C18H26O3. The van der Waals surface area contributed by atoms with E-state index in [1.54, 1.807) is 0 Å². The lowest BCUT2D eigenvalue weighted by Gasteiger charge is -2.40. The van der Waals surface area contributed by atoms with E-state index in [2.05, 4.69) is 32.6 Å². The molecule has 1 saturated heterocycles. The molecule has 0 radical (unpaired) electrons. The van der Waals surface area contributed by atoms with Crippen molar-refractivity contribution in [3.63, 3.8) is 0 Å². The maximum absolute atomic E-state index is 5.94. The van der Waals surface area contributed by atoms with E-state index < -0.39 is 0 Å². The molecule has 2 rings (SSSR count). The first-order valence-corrected chi connectivity index (χ1v) is 7.67. The van der Waals surface area contributed by atoms with Crippen molar-refractivity contribution in [1.82, 2.24) is 0 Å². The molecule has 0 amide bonds. The van der Waals surface area contributed by atoms with Gasteiger partial charge in [-0.1, -0.05) is 32.1 Å². The van der Waals surface area contributed by atoms with Crippen molar-refractivity contribution < 1.29 is 14.2 Å². The van der Waals surface area contributed by atoms with Gasteiger partial charge in [0.2, 0.25) is 0 Å². The monoisotopic (exact) mass is 290 g/mol. The van der Waals surface area contributed by atoms with Crippen LogP contribution in [0.25, 0.3) is 0 Å². The zero-order valence-electron chi connectivity index (χ0n) is 13.1. The topological polar surface area (TPSA) is 27.7 Å². The highest BCUT2D eigenvalue weighted by atomic mass is 16.5. The van der Waals surface area contributed by atoms with Crippen molar-refractivity contribution in [3.05, 3.63) is 42.5 Å². The minimum absolute atomic E-state index is 0.214. The van der Waals surface area contributed by atoms with Gasteiger partial charge in [-0.15, -0.1) is 6.58 Å². The third kappa shape index (κ3) is 4.58. The first kappa shape index (κ1) is 16.1. The lowest BCUT2D eigenvalue weighted by atomic mass is 9.84. The van der Waals surface area contributed by atoms with Gasteiger partial charge in [-0.3, -0.25) is 0 Å². The fraction of sp³-hybridized carbons (Fsp3) is 0.556. The molecule has 0 spiro atoms. The van der Waals surface area contributed by atoms with Crippen LogP contribution in [-0.4, -0.2) is 26.4 Å². The molecule has 0 aromatic heterocycles. The van der Waals surface area contributed by atoms with Gasteiger partial charge in [-0.05, 0) is 30.0 Å². The van der Waals surface area contributed by atoms with Gasteiger partial charge in [0.05, 0.1) is 38.4 Å². The maximum atomic E-state index is 5.94. The molecule has 3 nitrogen and oxygen atoms in total. The summed E-state index contributed by atoms with van der Waals surface area (Å²) in [6, 6.07) is 8.13. The number of rotatable bonds is 9. The van der Waals surface area contributed by atoms with E-state index in [4.69, 9.17) is 14.2 Å². The Labute approximate surface area is 127 Å². The van der Waals surface area contributed by atoms with Crippen LogP contribution in [0.5, 0.6) is 5.75 Å². The molecule has 116 valence electrons. The van der Waals surface area contributed by atoms with Crippen molar-refractivity contribution in [2.75, 3.05) is 26.4 Å². The first-order valence-electron chi connectivity index (χ1n) is 7.67. The van der Waals surface area contributed by atoms with Crippen LogP contribution in [0.1, 0.15) is 25.8 Å². The summed E-state index contributed by atoms with van der Waals surface area (Å²) < 4.78 is 16.9. The lowest BCUT2D eigenvalue weighted by Crippen LogP contribution is -2.46. The van der Waals surface area contributed by atoms with E-state index >= 15 is 0 Å². The average Bonchev–Trinajstić information content (AvgIpc) is 2.47. The van der Waals surface area contributed by atoms with Crippen molar-refractivity contribution in [2.24, 2.45) is 11.3 Å². The van der Waals surface area contributed by atoms with E-state index in [9.17, 15) is 0 Å². The fourth-order valence-electron chi connectivity index (χ4n) is 2.17. The lowest BCUT2D eigenvalue weighted by molar-refractivity contribution is -0.133. The SMILES string of the molecule is C=CC(C)COCc1cccc(OCC2(CC)COC2)c1. The van der Waals surface area contributed by atoms with Gasteiger partial charge in [0.1, 0.15) is 5.75 Å². The standard InChI is InChI=1S/C18H26O3/c1-4-15(3)10-19-11-16-7-6-8-17(9-16)21-14-18(5-2)12-20-13-18/h4,6-9,15H,1,5,10-14H2,2-3H3. The molecule has 0 aliphatic carbocycles. The van der Waals surface area contributed by atoms with Crippen molar-refractivity contribution in [1.29, 1.82) is 0 Å². The number of hydrogen-bond acceptors (Lipinski definition) is 3. The van der Waals surface area contributed by atoms with Gasteiger partial charge in [0, 0.05) is 0 Å². The van der Waals surface area contributed by atoms with Crippen LogP contribution in [0.3, 0.4) is 0 Å². The first-order chi connectivity index (χ1) is 10.2. The molecule has 0 bridgehead atoms. The van der Waals surface area contributed by atoms with Gasteiger partial charge in [-0.25, -0.2) is 0 Å². The maximum Gasteiger partial charge on any atom is 0.119 e. The highest BCUT2D eigenvalue weighted by Crippen LogP contribution is 2.32. The Kier molecular flexibility index (Phi) is 5.83. The van der Waals surface area contributed by atoms with Crippen molar-refractivity contribution >= 4 is 0 Å². The summed E-state index contributed by atoms with van der Waals surface area (Å²) in [6.07, 6.45) is 3.00. The largest absolute Gasteiger partial charge is 0.493 e. The molecule has 21 heavy (non-hydrogen) atoms. The zero-order chi connectivity index (χ0) is 15.1. The van der Waals surface area contributed by atoms with Crippen molar-refractivity contribution in [2.45, 2.75) is 26.9 Å². The van der Waals surface area contributed by atoms with E-state index in [-0.39, 0.29) is 5.41 Å². The van der Waals surface area contributed by atoms with E-state index in [0.29, 0.717) is 19.1 Å². The summed E-state index contributed by atoms with van der Waals surface area (Å²) in [7, 11) is 0. The van der Waals surface area contributed by atoms with Crippen LogP contribution in [-0.2, 0) is 16.1 Å². The van der Waals surface area contributed by atoms with Crippen LogP contribution in [0.2, 0.25) is 0 Å². The van der Waals surface area contributed by atoms with E-state index in [1.807, 2.05) is 18.2 Å². The highest BCUT2D eigenvalue weighted by Gasteiger charge is 2.37. The molecular weight excluding hydrogens is 264 g/mol. The molecule has 1 aromatic carbocycles. The van der Waals surface area contributed by atoms with E-state index in [1.165, 1.54) is 0 Å². The summed E-state index contributed by atoms with van der Waals surface area (Å²) in [5, 5.41) is 0. The quantitative estimate of drug-likeness (QED) is 0.647. The summed E-state index contributed by atoms with van der Waals surface area (Å²) in [6.45, 7) is 11.7. The second-order valence-electron chi connectivity index (χ2n) is 6.01. The zero-order valence-corrected chi connectivity index (χ0v) is 13.1. The van der Waals surface area contributed by atoms with Crippen LogP contribution < -0.4 is 4.74 Å². The predicted molar refractivity (Wildman–Crippen MR) is 84.5 cm³/mol. The van der Waals surface area contributed by atoms with Gasteiger partial charge in [-0.2, -0.15) is 0 Å².